The second-order valence-electron chi connectivity index (χ2n) is 4.24. The molecule has 0 atom stereocenters. The molecule has 0 amide bonds. The van der Waals surface area contributed by atoms with E-state index in [4.69, 9.17) is 0 Å². The van der Waals surface area contributed by atoms with Crippen LogP contribution in [0.4, 0.5) is 0 Å². The first kappa shape index (κ1) is 10.8. The third kappa shape index (κ3) is 1.71. The van der Waals surface area contributed by atoms with E-state index < -0.39 is 14.3 Å². The quantitative estimate of drug-likeness (QED) is 0.678. The number of hydrogen-bond acceptors (Lipinski definition) is 0. The van der Waals surface area contributed by atoms with Gasteiger partial charge >= 0.3 is 96.7 Å². The molecule has 15 heavy (non-hydrogen) atoms. The Morgan fingerprint density at radius 2 is 1.20 bits per heavy atom. The minimum absolute atomic E-state index is 1.28. The summed E-state index contributed by atoms with van der Waals surface area (Å²) in [4.78, 5) is 0. The second kappa shape index (κ2) is 4.01. The molecule has 0 nitrogen and oxygen atoms in total. The van der Waals surface area contributed by atoms with E-state index >= 15 is 0 Å². The van der Waals surface area contributed by atoms with Gasteiger partial charge < -0.3 is 0 Å². The SMILES string of the molecule is CC1=[C](C)[Ge]([c]2ccccc2)[C](C)=C1C. The third-order valence-electron chi connectivity index (χ3n) is 3.50. The molecule has 1 radical (unpaired) electrons. The van der Waals surface area contributed by atoms with Crippen molar-refractivity contribution in [1.29, 1.82) is 0 Å². The third-order valence-corrected chi connectivity index (χ3v) is 10.1. The van der Waals surface area contributed by atoms with E-state index in [2.05, 4.69) is 58.0 Å². The molecule has 0 fully saturated rings. The van der Waals surface area contributed by atoms with Crippen molar-refractivity contribution in [2.24, 2.45) is 0 Å². The van der Waals surface area contributed by atoms with Crippen LogP contribution in [0.25, 0.3) is 0 Å². The van der Waals surface area contributed by atoms with Crippen molar-refractivity contribution in [3.05, 3.63) is 50.3 Å². The normalized spacial score (nSPS) is 17.9. The summed E-state index contributed by atoms with van der Waals surface area (Å²) in [6.45, 7) is 9.21. The Morgan fingerprint density at radius 3 is 1.67 bits per heavy atom. The summed E-state index contributed by atoms with van der Waals surface area (Å²) in [7, 11) is 0. The van der Waals surface area contributed by atoms with Crippen LogP contribution in [0.15, 0.2) is 50.3 Å². The van der Waals surface area contributed by atoms with Gasteiger partial charge in [-0.1, -0.05) is 0 Å². The first-order valence-corrected chi connectivity index (χ1v) is 8.56. The molecule has 0 saturated heterocycles. The van der Waals surface area contributed by atoms with E-state index in [9.17, 15) is 0 Å². The molecule has 1 heterocycles. The molecule has 1 aliphatic heterocycles. The van der Waals surface area contributed by atoms with Gasteiger partial charge in [0, 0.05) is 0 Å². The van der Waals surface area contributed by atoms with Crippen LogP contribution in [0.2, 0.25) is 0 Å². The molecule has 0 bridgehead atoms. The Kier molecular flexibility index (Phi) is 2.88. The fourth-order valence-electron chi connectivity index (χ4n) is 2.26. The van der Waals surface area contributed by atoms with Gasteiger partial charge in [-0.15, -0.1) is 0 Å². The Balaban J connectivity index is 2.50. The number of benzene rings is 1. The number of allylic oxidation sites excluding steroid dienone is 4. The van der Waals surface area contributed by atoms with Crippen molar-refractivity contribution < 1.29 is 0 Å². The van der Waals surface area contributed by atoms with Crippen LogP contribution in [0.1, 0.15) is 27.7 Å². The summed E-state index contributed by atoms with van der Waals surface area (Å²) >= 11 is -1.28. The van der Waals surface area contributed by atoms with Crippen molar-refractivity contribution >= 4 is 18.7 Å². The molecule has 77 valence electrons. The fourth-order valence-corrected chi connectivity index (χ4v) is 8.72. The van der Waals surface area contributed by atoms with Crippen molar-refractivity contribution in [2.45, 2.75) is 27.7 Å². The van der Waals surface area contributed by atoms with Gasteiger partial charge in [0.15, 0.2) is 0 Å². The summed E-state index contributed by atoms with van der Waals surface area (Å²) in [6, 6.07) is 11.0. The average molecular weight is 258 g/mol. The Morgan fingerprint density at radius 1 is 0.733 bits per heavy atom. The number of rotatable bonds is 1. The average Bonchev–Trinajstić information content (AvgIpc) is 2.45. The van der Waals surface area contributed by atoms with E-state index in [-0.39, 0.29) is 0 Å². The van der Waals surface area contributed by atoms with E-state index in [0.717, 1.165) is 0 Å². The van der Waals surface area contributed by atoms with E-state index in [0.29, 0.717) is 0 Å². The van der Waals surface area contributed by atoms with Crippen molar-refractivity contribution in [3.8, 4) is 0 Å². The van der Waals surface area contributed by atoms with Gasteiger partial charge in [0.05, 0.1) is 0 Å². The Labute approximate surface area is 96.8 Å². The predicted octanol–water partition coefficient (Wildman–Crippen LogP) is 3.15. The molecule has 1 heteroatoms. The molecule has 1 aromatic rings. The summed E-state index contributed by atoms with van der Waals surface area (Å²) < 4.78 is 4.94. The van der Waals surface area contributed by atoms with Gasteiger partial charge in [0.25, 0.3) is 0 Å². The van der Waals surface area contributed by atoms with Gasteiger partial charge in [0.2, 0.25) is 0 Å². The van der Waals surface area contributed by atoms with E-state index in [1.54, 1.807) is 24.4 Å². The molecule has 1 aromatic carbocycles. The first-order chi connectivity index (χ1) is 7.13. The predicted molar refractivity (Wildman–Crippen MR) is 68.6 cm³/mol. The summed E-state index contributed by atoms with van der Waals surface area (Å²) in [5.74, 6) is 0. The van der Waals surface area contributed by atoms with Crippen LogP contribution in [-0.2, 0) is 0 Å². The molecule has 0 saturated carbocycles. The fraction of sp³-hybridized carbons (Fsp3) is 0.286. The zero-order valence-corrected chi connectivity index (χ0v) is 12.0. The number of hydrogen-bond donors (Lipinski definition) is 0. The van der Waals surface area contributed by atoms with Gasteiger partial charge in [-0.3, -0.25) is 0 Å². The first-order valence-electron chi connectivity index (χ1n) is 5.41. The Hall–Kier alpha value is -0.757. The second-order valence-corrected chi connectivity index (χ2v) is 10.2. The van der Waals surface area contributed by atoms with Gasteiger partial charge in [-0.2, -0.15) is 0 Å². The van der Waals surface area contributed by atoms with Gasteiger partial charge in [0.1, 0.15) is 0 Å². The molecule has 0 aromatic heterocycles. The molecule has 0 unspecified atom stereocenters. The van der Waals surface area contributed by atoms with Crippen molar-refractivity contribution in [1.82, 2.24) is 0 Å². The molecule has 2 rings (SSSR count). The van der Waals surface area contributed by atoms with Crippen LogP contribution >= 0.6 is 0 Å². The summed E-state index contributed by atoms with van der Waals surface area (Å²) in [6.07, 6.45) is 0. The zero-order valence-electron chi connectivity index (χ0n) is 9.89. The maximum absolute atomic E-state index is 2.33. The van der Waals surface area contributed by atoms with E-state index in [1.165, 1.54) is 0 Å². The zero-order chi connectivity index (χ0) is 11.0. The monoisotopic (exact) mass is 259 g/mol. The molecule has 0 spiro atoms. The summed E-state index contributed by atoms with van der Waals surface area (Å²) in [5, 5.41) is 0. The molecule has 0 N–H and O–H groups in total. The Bertz CT molecular complexity index is 414. The van der Waals surface area contributed by atoms with Crippen molar-refractivity contribution in [3.63, 3.8) is 0 Å². The van der Waals surface area contributed by atoms with Crippen LogP contribution in [-0.4, -0.2) is 14.3 Å². The van der Waals surface area contributed by atoms with Crippen LogP contribution in [0.5, 0.6) is 0 Å². The molecule has 1 aliphatic rings. The van der Waals surface area contributed by atoms with Crippen LogP contribution in [0.3, 0.4) is 0 Å². The molecular weight excluding hydrogens is 241 g/mol. The van der Waals surface area contributed by atoms with Crippen LogP contribution < -0.4 is 4.40 Å². The molecule has 0 aliphatic carbocycles. The van der Waals surface area contributed by atoms with E-state index in [1.807, 2.05) is 0 Å². The molecular formula is C14H17Ge. The minimum atomic E-state index is -1.28. The standard InChI is InChI=1S/C14H17Ge/c1-10-11(2)13(4)15(12(10)3)14-8-6-5-7-9-14/h5-9H,1-4H3. The van der Waals surface area contributed by atoms with Crippen LogP contribution in [0, 0.1) is 0 Å². The maximum atomic E-state index is 2.33. The topological polar surface area (TPSA) is 0 Å². The van der Waals surface area contributed by atoms with Gasteiger partial charge in [-0.05, 0) is 0 Å². The van der Waals surface area contributed by atoms with Crippen molar-refractivity contribution in [2.75, 3.05) is 0 Å². The summed E-state index contributed by atoms with van der Waals surface area (Å²) in [5.41, 5.74) is 3.10. The van der Waals surface area contributed by atoms with Gasteiger partial charge in [-0.25, -0.2) is 0 Å².